The summed E-state index contributed by atoms with van der Waals surface area (Å²) in [6.07, 6.45) is 6.45. The van der Waals surface area contributed by atoms with Gasteiger partial charge in [0.2, 0.25) is 0 Å². The standard InChI is InChI=1S/C17H24FN3/c1-4-9-19-16(7-8-17-20-10-11-21(17)3)14-12-13(2)5-6-15(14)18/h5-6,10-12,16,19H,4,7-9H2,1-3H3. The molecule has 1 atom stereocenters. The fourth-order valence-electron chi connectivity index (χ4n) is 2.53. The quantitative estimate of drug-likeness (QED) is 0.845. The van der Waals surface area contributed by atoms with Crippen molar-refractivity contribution in [3.8, 4) is 0 Å². The lowest BCUT2D eigenvalue weighted by Gasteiger charge is -2.20. The van der Waals surface area contributed by atoms with Crippen molar-refractivity contribution in [2.75, 3.05) is 6.54 Å². The van der Waals surface area contributed by atoms with E-state index in [4.69, 9.17) is 0 Å². The van der Waals surface area contributed by atoms with Crippen LogP contribution in [0.5, 0.6) is 0 Å². The lowest BCUT2D eigenvalue weighted by atomic mass is 9.99. The van der Waals surface area contributed by atoms with Crippen molar-refractivity contribution in [1.29, 1.82) is 0 Å². The van der Waals surface area contributed by atoms with Crippen LogP contribution in [0.1, 0.15) is 42.8 Å². The number of imidazole rings is 1. The molecule has 4 heteroatoms. The zero-order valence-corrected chi connectivity index (χ0v) is 13.1. The van der Waals surface area contributed by atoms with Crippen molar-refractivity contribution in [2.24, 2.45) is 7.05 Å². The van der Waals surface area contributed by atoms with Gasteiger partial charge in [0.15, 0.2) is 0 Å². The number of aromatic nitrogens is 2. The first-order chi connectivity index (χ1) is 10.1. The third kappa shape index (κ3) is 4.14. The van der Waals surface area contributed by atoms with Gasteiger partial charge in [-0.3, -0.25) is 0 Å². The van der Waals surface area contributed by atoms with Gasteiger partial charge in [-0.25, -0.2) is 9.37 Å². The summed E-state index contributed by atoms with van der Waals surface area (Å²) in [4.78, 5) is 4.34. The first-order valence-corrected chi connectivity index (χ1v) is 7.57. The predicted octanol–water partition coefficient (Wildman–Crippen LogP) is 3.54. The van der Waals surface area contributed by atoms with Crippen molar-refractivity contribution in [3.05, 3.63) is 53.4 Å². The van der Waals surface area contributed by atoms with Gasteiger partial charge in [-0.2, -0.15) is 0 Å². The molecule has 0 amide bonds. The molecule has 114 valence electrons. The van der Waals surface area contributed by atoms with Crippen LogP contribution in [0, 0.1) is 12.7 Å². The summed E-state index contributed by atoms with van der Waals surface area (Å²) in [5, 5.41) is 3.46. The molecular weight excluding hydrogens is 265 g/mol. The second kappa shape index (κ2) is 7.36. The Hall–Kier alpha value is -1.68. The SMILES string of the molecule is CCCNC(CCc1nccn1C)c1cc(C)ccc1F. The van der Waals surface area contributed by atoms with Crippen LogP contribution in [0.3, 0.4) is 0 Å². The Bertz CT molecular complexity index is 577. The summed E-state index contributed by atoms with van der Waals surface area (Å²) < 4.78 is 16.1. The number of aryl methyl sites for hydroxylation is 3. The minimum absolute atomic E-state index is 0.0292. The van der Waals surface area contributed by atoms with Gasteiger partial charge < -0.3 is 9.88 Å². The topological polar surface area (TPSA) is 29.9 Å². The predicted molar refractivity (Wildman–Crippen MR) is 83.7 cm³/mol. The molecule has 0 bridgehead atoms. The van der Waals surface area contributed by atoms with Gasteiger partial charge in [0, 0.05) is 37.5 Å². The monoisotopic (exact) mass is 289 g/mol. The maximum atomic E-state index is 14.1. The molecule has 0 spiro atoms. The van der Waals surface area contributed by atoms with Crippen LogP contribution in [0.15, 0.2) is 30.6 Å². The first kappa shape index (κ1) is 15.7. The van der Waals surface area contributed by atoms with Gasteiger partial charge in [0.25, 0.3) is 0 Å². The molecule has 0 aliphatic rings. The Morgan fingerprint density at radius 3 is 2.86 bits per heavy atom. The van der Waals surface area contributed by atoms with Crippen molar-refractivity contribution >= 4 is 0 Å². The zero-order chi connectivity index (χ0) is 15.2. The third-order valence-electron chi connectivity index (χ3n) is 3.75. The minimum Gasteiger partial charge on any atom is -0.338 e. The second-order valence-corrected chi connectivity index (χ2v) is 5.52. The number of halogens is 1. The molecule has 0 radical (unpaired) electrons. The van der Waals surface area contributed by atoms with E-state index in [2.05, 4.69) is 17.2 Å². The van der Waals surface area contributed by atoms with Crippen molar-refractivity contribution < 1.29 is 4.39 Å². The molecule has 2 aromatic rings. The van der Waals surface area contributed by atoms with Gasteiger partial charge in [0.05, 0.1) is 0 Å². The first-order valence-electron chi connectivity index (χ1n) is 7.57. The molecular formula is C17H24FN3. The van der Waals surface area contributed by atoms with Crippen LogP contribution in [0.4, 0.5) is 4.39 Å². The maximum Gasteiger partial charge on any atom is 0.127 e. The summed E-state index contributed by atoms with van der Waals surface area (Å²) in [6, 6.07) is 5.35. The number of benzene rings is 1. The van der Waals surface area contributed by atoms with Gasteiger partial charge in [-0.15, -0.1) is 0 Å². The molecule has 2 rings (SSSR count). The summed E-state index contributed by atoms with van der Waals surface area (Å²) in [5.41, 5.74) is 1.85. The van der Waals surface area contributed by atoms with E-state index in [0.717, 1.165) is 42.8 Å². The van der Waals surface area contributed by atoms with E-state index in [1.807, 2.05) is 36.9 Å². The van der Waals surface area contributed by atoms with Crippen molar-refractivity contribution in [2.45, 2.75) is 39.2 Å². The average molecular weight is 289 g/mol. The van der Waals surface area contributed by atoms with E-state index in [9.17, 15) is 4.39 Å². The minimum atomic E-state index is -0.131. The van der Waals surface area contributed by atoms with E-state index in [1.54, 1.807) is 12.3 Å². The number of nitrogens with one attached hydrogen (secondary N) is 1. The lowest BCUT2D eigenvalue weighted by Crippen LogP contribution is -2.24. The van der Waals surface area contributed by atoms with Crippen molar-refractivity contribution in [3.63, 3.8) is 0 Å². The molecule has 1 heterocycles. The molecule has 1 aromatic heterocycles. The van der Waals surface area contributed by atoms with Gasteiger partial charge in [0.1, 0.15) is 11.6 Å². The Morgan fingerprint density at radius 2 is 2.19 bits per heavy atom. The highest BCUT2D eigenvalue weighted by atomic mass is 19.1. The molecule has 0 aliphatic carbocycles. The van der Waals surface area contributed by atoms with E-state index in [-0.39, 0.29) is 11.9 Å². The molecule has 0 fully saturated rings. The van der Waals surface area contributed by atoms with Crippen LogP contribution in [-0.2, 0) is 13.5 Å². The number of rotatable bonds is 7. The van der Waals surface area contributed by atoms with Crippen LogP contribution in [0.2, 0.25) is 0 Å². The highest BCUT2D eigenvalue weighted by molar-refractivity contribution is 5.27. The van der Waals surface area contributed by atoms with Gasteiger partial charge in [-0.1, -0.05) is 24.6 Å². The molecule has 0 saturated heterocycles. The molecule has 3 nitrogen and oxygen atoms in total. The molecule has 21 heavy (non-hydrogen) atoms. The van der Waals surface area contributed by atoms with Crippen LogP contribution in [0.25, 0.3) is 0 Å². The molecule has 1 aromatic carbocycles. The average Bonchev–Trinajstić information content (AvgIpc) is 2.87. The van der Waals surface area contributed by atoms with E-state index >= 15 is 0 Å². The third-order valence-corrected chi connectivity index (χ3v) is 3.75. The Kier molecular flexibility index (Phi) is 5.51. The fourth-order valence-corrected chi connectivity index (χ4v) is 2.53. The summed E-state index contributed by atoms with van der Waals surface area (Å²) >= 11 is 0. The highest BCUT2D eigenvalue weighted by Gasteiger charge is 2.16. The lowest BCUT2D eigenvalue weighted by molar-refractivity contribution is 0.467. The second-order valence-electron chi connectivity index (χ2n) is 5.52. The Labute approximate surface area is 126 Å². The summed E-state index contributed by atoms with van der Waals surface area (Å²) in [6.45, 7) is 5.01. The highest BCUT2D eigenvalue weighted by Crippen LogP contribution is 2.23. The molecule has 0 saturated carbocycles. The smallest absolute Gasteiger partial charge is 0.127 e. The maximum absolute atomic E-state index is 14.1. The van der Waals surface area contributed by atoms with Crippen LogP contribution in [-0.4, -0.2) is 16.1 Å². The molecule has 1 N–H and O–H groups in total. The number of hydrogen-bond donors (Lipinski definition) is 1. The summed E-state index contributed by atoms with van der Waals surface area (Å²) in [5.74, 6) is 0.903. The van der Waals surface area contributed by atoms with E-state index < -0.39 is 0 Å². The molecule has 1 unspecified atom stereocenters. The Balaban J connectivity index is 2.13. The van der Waals surface area contributed by atoms with E-state index in [0.29, 0.717) is 0 Å². The van der Waals surface area contributed by atoms with Crippen molar-refractivity contribution in [1.82, 2.24) is 14.9 Å². The van der Waals surface area contributed by atoms with Crippen LogP contribution >= 0.6 is 0 Å². The van der Waals surface area contributed by atoms with Crippen LogP contribution < -0.4 is 5.32 Å². The fraction of sp³-hybridized carbons (Fsp3) is 0.471. The normalized spacial score (nSPS) is 12.6. The summed E-state index contributed by atoms with van der Waals surface area (Å²) in [7, 11) is 1.99. The van der Waals surface area contributed by atoms with Gasteiger partial charge >= 0.3 is 0 Å². The zero-order valence-electron chi connectivity index (χ0n) is 13.1. The molecule has 0 aliphatic heterocycles. The van der Waals surface area contributed by atoms with Gasteiger partial charge in [-0.05, 0) is 32.4 Å². The van der Waals surface area contributed by atoms with E-state index in [1.165, 1.54) is 0 Å². The Morgan fingerprint density at radius 1 is 1.38 bits per heavy atom. The number of hydrogen-bond acceptors (Lipinski definition) is 2. The largest absolute Gasteiger partial charge is 0.338 e. The number of nitrogens with zero attached hydrogens (tertiary/aromatic N) is 2.